The third-order valence-electron chi connectivity index (χ3n) is 4.77. The first-order valence-corrected chi connectivity index (χ1v) is 9.16. The number of aliphatic imine (C=N–C) groups is 1. The minimum absolute atomic E-state index is 0. The lowest BCUT2D eigenvalue weighted by molar-refractivity contribution is -0.128. The number of nitrogens with one attached hydrogen (secondary N) is 2. The van der Waals surface area contributed by atoms with Gasteiger partial charge in [-0.25, -0.2) is 0 Å². The number of ether oxygens (including phenoxy) is 1. The van der Waals surface area contributed by atoms with Gasteiger partial charge < -0.3 is 20.3 Å². The van der Waals surface area contributed by atoms with Gasteiger partial charge in [-0.1, -0.05) is 24.3 Å². The van der Waals surface area contributed by atoms with Crippen LogP contribution < -0.4 is 10.6 Å². The molecule has 0 bridgehead atoms. The fourth-order valence-corrected chi connectivity index (χ4v) is 3.28. The minimum Gasteiger partial charge on any atom is -0.376 e. The van der Waals surface area contributed by atoms with Crippen molar-refractivity contribution in [3.63, 3.8) is 0 Å². The Labute approximate surface area is 172 Å². The molecule has 7 heteroatoms. The number of guanidine groups is 1. The quantitative estimate of drug-likeness (QED) is 0.379. The Morgan fingerprint density at radius 1 is 1.23 bits per heavy atom. The molecule has 1 atom stereocenters. The van der Waals surface area contributed by atoms with Crippen molar-refractivity contribution in [2.24, 2.45) is 4.99 Å². The molecule has 144 valence electrons. The second-order valence-electron chi connectivity index (χ2n) is 6.68. The van der Waals surface area contributed by atoms with Crippen molar-refractivity contribution in [3.05, 3.63) is 35.4 Å². The molecule has 0 saturated carbocycles. The average Bonchev–Trinajstić information content (AvgIpc) is 3.29. The van der Waals surface area contributed by atoms with Crippen LogP contribution in [0.4, 0.5) is 0 Å². The number of hydrogen-bond acceptors (Lipinski definition) is 3. The smallest absolute Gasteiger partial charge is 0.222 e. The Bertz CT molecular complexity index is 600. The lowest BCUT2D eigenvalue weighted by Gasteiger charge is -2.16. The highest BCUT2D eigenvalue weighted by molar-refractivity contribution is 14.0. The summed E-state index contributed by atoms with van der Waals surface area (Å²) in [6.07, 6.45) is 4.24. The van der Waals surface area contributed by atoms with Crippen LogP contribution in [-0.4, -0.2) is 49.6 Å². The molecule has 0 aliphatic carbocycles. The molecule has 1 unspecified atom stereocenters. The first-order chi connectivity index (χ1) is 12.2. The Morgan fingerprint density at radius 3 is 2.62 bits per heavy atom. The Hall–Kier alpha value is -1.35. The standard InChI is InChI=1S/C19H28N4O2.HI/c1-20-19(22-13-17-4-3-11-25-17)21-12-15-6-8-16(9-7-15)14-23-10-2-5-18(23)24;/h6-9,17H,2-5,10-14H2,1H3,(H2,20,21,22);1H. The van der Waals surface area contributed by atoms with Gasteiger partial charge in [0.05, 0.1) is 6.10 Å². The highest BCUT2D eigenvalue weighted by Crippen LogP contribution is 2.15. The predicted molar refractivity (Wildman–Crippen MR) is 114 cm³/mol. The van der Waals surface area contributed by atoms with Gasteiger partial charge in [0.2, 0.25) is 5.91 Å². The van der Waals surface area contributed by atoms with E-state index in [-0.39, 0.29) is 29.9 Å². The van der Waals surface area contributed by atoms with Crippen molar-refractivity contribution >= 4 is 35.8 Å². The zero-order valence-electron chi connectivity index (χ0n) is 15.4. The number of hydrogen-bond donors (Lipinski definition) is 2. The van der Waals surface area contributed by atoms with Crippen molar-refractivity contribution in [2.45, 2.75) is 44.9 Å². The van der Waals surface area contributed by atoms with Gasteiger partial charge in [-0.05, 0) is 30.4 Å². The van der Waals surface area contributed by atoms with Gasteiger partial charge in [-0.15, -0.1) is 24.0 Å². The lowest BCUT2D eigenvalue weighted by atomic mass is 10.1. The van der Waals surface area contributed by atoms with E-state index in [9.17, 15) is 4.79 Å². The highest BCUT2D eigenvalue weighted by atomic mass is 127. The van der Waals surface area contributed by atoms with Gasteiger partial charge >= 0.3 is 0 Å². The van der Waals surface area contributed by atoms with E-state index < -0.39 is 0 Å². The lowest BCUT2D eigenvalue weighted by Crippen LogP contribution is -2.40. The molecule has 1 amide bonds. The van der Waals surface area contributed by atoms with Crippen LogP contribution in [-0.2, 0) is 22.6 Å². The summed E-state index contributed by atoms with van der Waals surface area (Å²) >= 11 is 0. The van der Waals surface area contributed by atoms with Gasteiger partial charge in [0.1, 0.15) is 0 Å². The van der Waals surface area contributed by atoms with E-state index in [1.807, 2.05) is 4.90 Å². The Balaban J connectivity index is 0.00000243. The summed E-state index contributed by atoms with van der Waals surface area (Å²) in [5.41, 5.74) is 2.37. The van der Waals surface area contributed by atoms with Crippen LogP contribution in [0.25, 0.3) is 0 Å². The fraction of sp³-hybridized carbons (Fsp3) is 0.579. The monoisotopic (exact) mass is 472 g/mol. The van der Waals surface area contributed by atoms with Crippen LogP contribution in [0.2, 0.25) is 0 Å². The molecule has 0 spiro atoms. The van der Waals surface area contributed by atoms with Gasteiger partial charge in [-0.2, -0.15) is 0 Å². The van der Waals surface area contributed by atoms with Crippen LogP contribution in [0.5, 0.6) is 0 Å². The molecule has 1 aromatic carbocycles. The predicted octanol–water partition coefficient (Wildman–Crippen LogP) is 2.27. The molecule has 2 heterocycles. The SMILES string of the molecule is CN=C(NCc1ccc(CN2CCCC2=O)cc1)NCC1CCCO1.I. The number of amides is 1. The molecule has 6 nitrogen and oxygen atoms in total. The van der Waals surface area contributed by atoms with E-state index in [1.54, 1.807) is 7.05 Å². The number of rotatable bonds is 6. The molecule has 2 aliphatic heterocycles. The summed E-state index contributed by atoms with van der Waals surface area (Å²) in [6, 6.07) is 8.42. The third kappa shape index (κ3) is 6.12. The summed E-state index contributed by atoms with van der Waals surface area (Å²) in [7, 11) is 1.78. The molecule has 0 radical (unpaired) electrons. The minimum atomic E-state index is 0. The van der Waals surface area contributed by atoms with Gasteiger partial charge in [0.25, 0.3) is 0 Å². The normalized spacial score (nSPS) is 20.2. The molecule has 1 aromatic rings. The van der Waals surface area contributed by atoms with E-state index in [2.05, 4.69) is 39.9 Å². The molecule has 2 saturated heterocycles. The zero-order chi connectivity index (χ0) is 17.5. The topological polar surface area (TPSA) is 66.0 Å². The van der Waals surface area contributed by atoms with Crippen molar-refractivity contribution in [1.29, 1.82) is 0 Å². The third-order valence-corrected chi connectivity index (χ3v) is 4.77. The maximum Gasteiger partial charge on any atom is 0.222 e. The highest BCUT2D eigenvalue weighted by Gasteiger charge is 2.19. The van der Waals surface area contributed by atoms with Crippen molar-refractivity contribution in [3.8, 4) is 0 Å². The van der Waals surface area contributed by atoms with E-state index in [0.717, 1.165) is 51.5 Å². The van der Waals surface area contributed by atoms with E-state index in [4.69, 9.17) is 4.74 Å². The summed E-state index contributed by atoms with van der Waals surface area (Å²) in [5.74, 6) is 1.06. The summed E-state index contributed by atoms with van der Waals surface area (Å²) < 4.78 is 5.61. The second kappa shape index (κ2) is 10.7. The van der Waals surface area contributed by atoms with Crippen LogP contribution in [0.3, 0.4) is 0 Å². The van der Waals surface area contributed by atoms with Crippen LogP contribution in [0.1, 0.15) is 36.8 Å². The number of carbonyl (C=O) groups excluding carboxylic acids is 1. The summed E-state index contributed by atoms with van der Waals surface area (Å²) in [6.45, 7) is 3.98. The van der Waals surface area contributed by atoms with Gasteiger partial charge in [0, 0.05) is 46.3 Å². The summed E-state index contributed by atoms with van der Waals surface area (Å²) in [4.78, 5) is 17.9. The van der Waals surface area contributed by atoms with Crippen molar-refractivity contribution < 1.29 is 9.53 Å². The molecule has 3 rings (SSSR count). The molecule has 2 fully saturated rings. The van der Waals surface area contributed by atoms with E-state index in [0.29, 0.717) is 19.1 Å². The largest absolute Gasteiger partial charge is 0.376 e. The molecule has 2 N–H and O–H groups in total. The average molecular weight is 472 g/mol. The molecule has 0 aromatic heterocycles. The number of benzene rings is 1. The van der Waals surface area contributed by atoms with Gasteiger partial charge in [-0.3, -0.25) is 9.79 Å². The van der Waals surface area contributed by atoms with Crippen LogP contribution in [0.15, 0.2) is 29.3 Å². The summed E-state index contributed by atoms with van der Waals surface area (Å²) in [5, 5.41) is 6.64. The zero-order valence-corrected chi connectivity index (χ0v) is 17.7. The van der Waals surface area contributed by atoms with Crippen LogP contribution in [0, 0.1) is 0 Å². The van der Waals surface area contributed by atoms with Crippen LogP contribution >= 0.6 is 24.0 Å². The number of halogens is 1. The number of likely N-dealkylation sites (tertiary alicyclic amines) is 1. The van der Waals surface area contributed by atoms with Crippen molar-refractivity contribution in [2.75, 3.05) is 26.7 Å². The Kier molecular flexibility index (Phi) is 8.64. The second-order valence-corrected chi connectivity index (χ2v) is 6.68. The molecular weight excluding hydrogens is 443 g/mol. The molecule has 2 aliphatic rings. The van der Waals surface area contributed by atoms with Crippen molar-refractivity contribution in [1.82, 2.24) is 15.5 Å². The first kappa shape index (κ1) is 21.0. The van der Waals surface area contributed by atoms with E-state index >= 15 is 0 Å². The fourth-order valence-electron chi connectivity index (χ4n) is 3.28. The first-order valence-electron chi connectivity index (χ1n) is 9.16. The molecule has 26 heavy (non-hydrogen) atoms. The van der Waals surface area contributed by atoms with E-state index in [1.165, 1.54) is 11.1 Å². The number of carbonyl (C=O) groups is 1. The Morgan fingerprint density at radius 2 is 2.00 bits per heavy atom. The number of nitrogens with zero attached hydrogens (tertiary/aromatic N) is 2. The maximum atomic E-state index is 11.7. The van der Waals surface area contributed by atoms with Gasteiger partial charge in [0.15, 0.2) is 5.96 Å². The maximum absolute atomic E-state index is 11.7. The molecular formula is C19H29IN4O2.